The summed E-state index contributed by atoms with van der Waals surface area (Å²) in [5.74, 6) is -1.21. The van der Waals surface area contributed by atoms with Crippen molar-refractivity contribution in [3.05, 3.63) is 0 Å². The summed E-state index contributed by atoms with van der Waals surface area (Å²) >= 11 is 1.20. The SMILES string of the molecule is COC(=O)C(CCSCC(=O)O)NC(=O)CCN(C)C. The van der Waals surface area contributed by atoms with Crippen LogP contribution in [0.4, 0.5) is 0 Å². The van der Waals surface area contributed by atoms with E-state index in [1.54, 1.807) is 0 Å². The van der Waals surface area contributed by atoms with Gasteiger partial charge in [0.2, 0.25) is 5.91 Å². The molecule has 116 valence electrons. The van der Waals surface area contributed by atoms with Crippen LogP contribution < -0.4 is 5.32 Å². The van der Waals surface area contributed by atoms with Gasteiger partial charge in [-0.3, -0.25) is 9.59 Å². The van der Waals surface area contributed by atoms with Crippen molar-refractivity contribution < 1.29 is 24.2 Å². The molecule has 0 bridgehead atoms. The highest BCUT2D eigenvalue weighted by Crippen LogP contribution is 2.06. The third-order valence-electron chi connectivity index (χ3n) is 2.38. The minimum Gasteiger partial charge on any atom is -0.481 e. The molecule has 0 aliphatic heterocycles. The summed E-state index contributed by atoms with van der Waals surface area (Å²) in [7, 11) is 4.97. The zero-order chi connectivity index (χ0) is 15.5. The first kappa shape index (κ1) is 18.7. The number of rotatable bonds is 10. The Morgan fingerprint density at radius 3 is 2.50 bits per heavy atom. The zero-order valence-corrected chi connectivity index (χ0v) is 12.9. The molecule has 0 fully saturated rings. The van der Waals surface area contributed by atoms with Gasteiger partial charge >= 0.3 is 11.9 Å². The third kappa shape index (κ3) is 9.62. The monoisotopic (exact) mass is 306 g/mol. The summed E-state index contributed by atoms with van der Waals surface area (Å²) in [6, 6.07) is -0.726. The first-order chi connectivity index (χ1) is 9.36. The molecule has 0 aromatic carbocycles. The van der Waals surface area contributed by atoms with Crippen LogP contribution in [-0.4, -0.2) is 73.1 Å². The molecule has 20 heavy (non-hydrogen) atoms. The van der Waals surface area contributed by atoms with Crippen molar-refractivity contribution in [1.82, 2.24) is 10.2 Å². The highest BCUT2D eigenvalue weighted by Gasteiger charge is 2.21. The van der Waals surface area contributed by atoms with Crippen molar-refractivity contribution in [2.24, 2.45) is 0 Å². The van der Waals surface area contributed by atoms with E-state index < -0.39 is 18.0 Å². The third-order valence-corrected chi connectivity index (χ3v) is 3.36. The lowest BCUT2D eigenvalue weighted by atomic mass is 10.2. The summed E-state index contributed by atoms with van der Waals surface area (Å²) in [6.07, 6.45) is 0.640. The van der Waals surface area contributed by atoms with Crippen LogP contribution in [0.25, 0.3) is 0 Å². The molecule has 0 aliphatic rings. The van der Waals surface area contributed by atoms with E-state index in [1.165, 1.54) is 18.9 Å². The number of nitrogens with zero attached hydrogens (tertiary/aromatic N) is 1. The van der Waals surface area contributed by atoms with Crippen LogP contribution in [0.3, 0.4) is 0 Å². The average Bonchev–Trinajstić information content (AvgIpc) is 2.38. The quantitative estimate of drug-likeness (QED) is 0.426. The standard InChI is InChI=1S/C12H22N2O5S/c1-14(2)6-4-10(15)13-9(12(18)19-3)5-7-20-8-11(16)17/h9H,4-8H2,1-3H3,(H,13,15)(H,16,17). The van der Waals surface area contributed by atoms with Gasteiger partial charge in [-0.05, 0) is 26.3 Å². The lowest BCUT2D eigenvalue weighted by molar-refractivity contribution is -0.145. The zero-order valence-electron chi connectivity index (χ0n) is 12.0. The maximum atomic E-state index is 11.7. The summed E-state index contributed by atoms with van der Waals surface area (Å²) in [5.41, 5.74) is 0. The van der Waals surface area contributed by atoms with Gasteiger partial charge in [0.05, 0.1) is 12.9 Å². The maximum Gasteiger partial charge on any atom is 0.328 e. The number of amides is 1. The van der Waals surface area contributed by atoms with Crippen molar-refractivity contribution >= 4 is 29.6 Å². The number of carbonyl (C=O) groups excluding carboxylic acids is 2. The van der Waals surface area contributed by atoms with Crippen molar-refractivity contribution in [1.29, 1.82) is 0 Å². The van der Waals surface area contributed by atoms with Crippen molar-refractivity contribution in [3.63, 3.8) is 0 Å². The topological polar surface area (TPSA) is 95.9 Å². The number of aliphatic carboxylic acids is 1. The molecule has 2 N–H and O–H groups in total. The van der Waals surface area contributed by atoms with Crippen LogP contribution in [0.1, 0.15) is 12.8 Å². The Labute approximate surface area is 123 Å². The number of esters is 1. The Kier molecular flexibility index (Phi) is 9.83. The molecule has 0 radical (unpaired) electrons. The van der Waals surface area contributed by atoms with Gasteiger partial charge in [0.15, 0.2) is 0 Å². The Morgan fingerprint density at radius 1 is 1.35 bits per heavy atom. The minimum atomic E-state index is -0.903. The number of methoxy groups -OCH3 is 1. The number of nitrogens with one attached hydrogen (secondary N) is 1. The summed E-state index contributed by atoms with van der Waals surface area (Å²) in [6.45, 7) is 0.591. The molecule has 0 aromatic heterocycles. The molecule has 0 saturated heterocycles. The van der Waals surface area contributed by atoms with E-state index in [9.17, 15) is 14.4 Å². The molecule has 0 aromatic rings. The fourth-order valence-electron chi connectivity index (χ4n) is 1.34. The van der Waals surface area contributed by atoms with E-state index in [0.717, 1.165) is 0 Å². The van der Waals surface area contributed by atoms with E-state index in [2.05, 4.69) is 10.1 Å². The van der Waals surface area contributed by atoms with Gasteiger partial charge in [-0.2, -0.15) is 11.8 Å². The second kappa shape index (κ2) is 10.5. The van der Waals surface area contributed by atoms with E-state index in [4.69, 9.17) is 5.11 Å². The van der Waals surface area contributed by atoms with Gasteiger partial charge in [-0.25, -0.2) is 4.79 Å². The average molecular weight is 306 g/mol. The predicted octanol–water partition coefficient (Wildman–Crippen LogP) is -0.196. The number of carbonyl (C=O) groups is 3. The summed E-state index contributed by atoms with van der Waals surface area (Å²) in [4.78, 5) is 35.5. The molecule has 8 heteroatoms. The number of ether oxygens (including phenoxy) is 1. The predicted molar refractivity (Wildman–Crippen MR) is 76.7 cm³/mol. The van der Waals surface area contributed by atoms with E-state index in [1.807, 2.05) is 19.0 Å². The highest BCUT2D eigenvalue weighted by atomic mass is 32.2. The van der Waals surface area contributed by atoms with E-state index in [-0.39, 0.29) is 11.7 Å². The number of hydrogen-bond donors (Lipinski definition) is 2. The van der Waals surface area contributed by atoms with Gasteiger partial charge in [0.25, 0.3) is 0 Å². The maximum absolute atomic E-state index is 11.7. The minimum absolute atomic E-state index is 0.0253. The fraction of sp³-hybridized carbons (Fsp3) is 0.750. The smallest absolute Gasteiger partial charge is 0.328 e. The normalized spacial score (nSPS) is 12.0. The van der Waals surface area contributed by atoms with Crippen molar-refractivity contribution in [2.45, 2.75) is 18.9 Å². The Bertz CT molecular complexity index is 336. The number of thioether (sulfide) groups is 1. The summed E-state index contributed by atoms with van der Waals surface area (Å²) < 4.78 is 4.63. The van der Waals surface area contributed by atoms with Gasteiger partial charge in [0.1, 0.15) is 6.04 Å². The molecule has 0 saturated carbocycles. The Morgan fingerprint density at radius 2 is 2.00 bits per heavy atom. The molecule has 0 heterocycles. The molecule has 1 unspecified atom stereocenters. The lowest BCUT2D eigenvalue weighted by Gasteiger charge is -2.17. The second-order valence-electron chi connectivity index (χ2n) is 4.43. The Balaban J connectivity index is 4.17. The van der Waals surface area contributed by atoms with Gasteiger partial charge in [0, 0.05) is 13.0 Å². The molecule has 1 atom stereocenters. The van der Waals surface area contributed by atoms with Crippen LogP contribution in [0.15, 0.2) is 0 Å². The molecule has 7 nitrogen and oxygen atoms in total. The van der Waals surface area contributed by atoms with E-state index >= 15 is 0 Å². The van der Waals surface area contributed by atoms with Crippen molar-refractivity contribution in [2.75, 3.05) is 39.3 Å². The van der Waals surface area contributed by atoms with Crippen LogP contribution in [0.5, 0.6) is 0 Å². The highest BCUT2D eigenvalue weighted by molar-refractivity contribution is 7.99. The molecule has 1 amide bonds. The first-order valence-corrected chi connectivity index (χ1v) is 7.33. The Hall–Kier alpha value is -1.28. The van der Waals surface area contributed by atoms with Crippen LogP contribution in [0, 0.1) is 0 Å². The number of carboxylic acid groups (broad SMARTS) is 1. The van der Waals surface area contributed by atoms with Gasteiger partial charge < -0.3 is 20.1 Å². The number of carboxylic acids is 1. The lowest BCUT2D eigenvalue weighted by Crippen LogP contribution is -2.42. The first-order valence-electron chi connectivity index (χ1n) is 6.18. The molecular formula is C12H22N2O5S. The van der Waals surface area contributed by atoms with Gasteiger partial charge in [-0.1, -0.05) is 0 Å². The number of hydrogen-bond acceptors (Lipinski definition) is 6. The fourth-order valence-corrected chi connectivity index (χ4v) is 2.06. The summed E-state index contributed by atoms with van der Waals surface area (Å²) in [5, 5.41) is 11.1. The van der Waals surface area contributed by atoms with Crippen LogP contribution in [0.2, 0.25) is 0 Å². The van der Waals surface area contributed by atoms with E-state index in [0.29, 0.717) is 25.1 Å². The molecule has 0 aliphatic carbocycles. The molecule has 0 spiro atoms. The van der Waals surface area contributed by atoms with Crippen LogP contribution >= 0.6 is 11.8 Å². The second-order valence-corrected chi connectivity index (χ2v) is 5.54. The molecular weight excluding hydrogens is 284 g/mol. The molecule has 0 rings (SSSR count). The van der Waals surface area contributed by atoms with Crippen LogP contribution in [-0.2, 0) is 19.1 Å². The largest absolute Gasteiger partial charge is 0.481 e. The van der Waals surface area contributed by atoms with Crippen molar-refractivity contribution in [3.8, 4) is 0 Å². The van der Waals surface area contributed by atoms with Gasteiger partial charge in [-0.15, -0.1) is 0 Å².